The van der Waals surface area contributed by atoms with Crippen molar-refractivity contribution < 1.29 is 14.6 Å². The summed E-state index contributed by atoms with van der Waals surface area (Å²) in [5.74, 6) is -1.07. The zero-order valence-electron chi connectivity index (χ0n) is 10.8. The van der Waals surface area contributed by atoms with Crippen molar-refractivity contribution in [3.63, 3.8) is 0 Å². The van der Waals surface area contributed by atoms with E-state index in [2.05, 4.69) is 9.97 Å². The van der Waals surface area contributed by atoms with Crippen LogP contribution in [0.1, 0.15) is 23.7 Å². The maximum atomic E-state index is 12.0. The molecule has 0 bridgehead atoms. The zero-order chi connectivity index (χ0) is 14.5. The highest BCUT2D eigenvalue weighted by atomic mass is 16.5. The van der Waals surface area contributed by atoms with Gasteiger partial charge < -0.3 is 14.4 Å². The second-order valence-electron chi connectivity index (χ2n) is 4.05. The van der Waals surface area contributed by atoms with Crippen molar-refractivity contribution in [1.82, 2.24) is 14.5 Å². The number of rotatable bonds is 5. The third-order valence-corrected chi connectivity index (χ3v) is 2.52. The molecule has 0 amide bonds. The van der Waals surface area contributed by atoms with E-state index in [9.17, 15) is 9.59 Å². The number of hydrogen-bond donors (Lipinski definition) is 1. The lowest BCUT2D eigenvalue weighted by atomic mass is 10.3. The van der Waals surface area contributed by atoms with Crippen molar-refractivity contribution in [1.29, 1.82) is 0 Å². The summed E-state index contributed by atoms with van der Waals surface area (Å²) in [5.41, 5.74) is -0.387. The quantitative estimate of drug-likeness (QED) is 0.889. The highest BCUT2D eigenvalue weighted by molar-refractivity contribution is 5.87. The molecule has 0 aliphatic rings. The predicted octanol–water partition coefficient (Wildman–Crippen LogP) is 1.54. The molecule has 0 spiro atoms. The van der Waals surface area contributed by atoms with E-state index in [0.717, 1.165) is 6.42 Å². The molecular formula is C13H13N3O4. The highest BCUT2D eigenvalue weighted by Gasteiger charge is 2.10. The summed E-state index contributed by atoms with van der Waals surface area (Å²) in [5, 5.41) is 8.87. The normalized spacial score (nSPS) is 10.2. The molecule has 2 aromatic rings. The van der Waals surface area contributed by atoms with Crippen LogP contribution in [0.4, 0.5) is 0 Å². The van der Waals surface area contributed by atoms with Crippen molar-refractivity contribution in [3.8, 4) is 11.6 Å². The van der Waals surface area contributed by atoms with Crippen LogP contribution in [-0.4, -0.2) is 25.6 Å². The summed E-state index contributed by atoms with van der Waals surface area (Å²) in [4.78, 5) is 30.5. The number of hydrogen-bond acceptors (Lipinski definition) is 5. The maximum absolute atomic E-state index is 12.0. The molecule has 0 radical (unpaired) electrons. The second kappa shape index (κ2) is 5.96. The molecule has 0 unspecified atom stereocenters. The standard InChI is InChI=1S/C13H13N3O4/c1-2-4-16-5-3-15-11(12(16)17)20-10-6-9(13(18)19)7-14-8-10/h3,5-8H,2,4H2,1H3,(H,18,19). The molecule has 0 fully saturated rings. The number of nitrogens with zero attached hydrogens (tertiary/aromatic N) is 3. The van der Waals surface area contributed by atoms with E-state index in [4.69, 9.17) is 9.84 Å². The first-order valence-corrected chi connectivity index (χ1v) is 6.03. The number of pyridine rings is 1. The smallest absolute Gasteiger partial charge is 0.337 e. The molecular weight excluding hydrogens is 262 g/mol. The minimum absolute atomic E-state index is 0.0210. The number of ether oxygens (including phenoxy) is 1. The van der Waals surface area contributed by atoms with Gasteiger partial charge in [0.15, 0.2) is 0 Å². The number of carboxylic acids is 1. The van der Waals surface area contributed by atoms with Crippen molar-refractivity contribution in [3.05, 3.63) is 46.8 Å². The van der Waals surface area contributed by atoms with Crippen LogP contribution < -0.4 is 10.3 Å². The van der Waals surface area contributed by atoms with Gasteiger partial charge in [0.2, 0.25) is 0 Å². The molecule has 104 valence electrons. The van der Waals surface area contributed by atoms with Crippen LogP contribution in [0.3, 0.4) is 0 Å². The van der Waals surface area contributed by atoms with Crippen LogP contribution >= 0.6 is 0 Å². The zero-order valence-corrected chi connectivity index (χ0v) is 10.8. The van der Waals surface area contributed by atoms with E-state index in [1.807, 2.05) is 6.92 Å². The number of aryl methyl sites for hydroxylation is 1. The molecule has 2 heterocycles. The number of aromatic carboxylic acids is 1. The van der Waals surface area contributed by atoms with E-state index in [0.29, 0.717) is 6.54 Å². The molecule has 0 saturated carbocycles. The Morgan fingerprint density at radius 2 is 2.25 bits per heavy atom. The molecule has 2 rings (SSSR count). The Morgan fingerprint density at radius 1 is 1.45 bits per heavy atom. The Labute approximate surface area is 114 Å². The van der Waals surface area contributed by atoms with Gasteiger partial charge >= 0.3 is 11.5 Å². The van der Waals surface area contributed by atoms with Gasteiger partial charge in [-0.15, -0.1) is 0 Å². The summed E-state index contributed by atoms with van der Waals surface area (Å²) >= 11 is 0. The molecule has 7 nitrogen and oxygen atoms in total. The number of aromatic nitrogens is 3. The van der Waals surface area contributed by atoms with Gasteiger partial charge in [-0.3, -0.25) is 9.78 Å². The van der Waals surface area contributed by atoms with Gasteiger partial charge in [-0.25, -0.2) is 9.78 Å². The molecule has 0 aliphatic heterocycles. The van der Waals surface area contributed by atoms with Crippen LogP contribution in [-0.2, 0) is 6.54 Å². The molecule has 7 heteroatoms. The Balaban J connectivity index is 2.30. The van der Waals surface area contributed by atoms with Crippen LogP contribution in [0, 0.1) is 0 Å². The topological polar surface area (TPSA) is 94.3 Å². The summed E-state index contributed by atoms with van der Waals surface area (Å²) in [7, 11) is 0. The van der Waals surface area contributed by atoms with Gasteiger partial charge in [-0.1, -0.05) is 6.92 Å². The van der Waals surface area contributed by atoms with Gasteiger partial charge in [-0.05, 0) is 12.5 Å². The molecule has 20 heavy (non-hydrogen) atoms. The third kappa shape index (κ3) is 3.00. The van der Waals surface area contributed by atoms with Gasteiger partial charge in [0.25, 0.3) is 5.88 Å². The lowest BCUT2D eigenvalue weighted by Crippen LogP contribution is -2.21. The average Bonchev–Trinajstić information content (AvgIpc) is 2.44. The Morgan fingerprint density at radius 3 is 2.95 bits per heavy atom. The maximum Gasteiger partial charge on any atom is 0.337 e. The van der Waals surface area contributed by atoms with Gasteiger partial charge in [0.1, 0.15) is 5.75 Å². The molecule has 1 N–H and O–H groups in total. The monoisotopic (exact) mass is 275 g/mol. The van der Waals surface area contributed by atoms with Crippen molar-refractivity contribution in [2.75, 3.05) is 0 Å². The van der Waals surface area contributed by atoms with Crippen molar-refractivity contribution in [2.45, 2.75) is 19.9 Å². The van der Waals surface area contributed by atoms with Crippen molar-refractivity contribution in [2.24, 2.45) is 0 Å². The van der Waals surface area contributed by atoms with Gasteiger partial charge in [-0.2, -0.15) is 0 Å². The molecule has 0 atom stereocenters. The minimum atomic E-state index is -1.12. The summed E-state index contributed by atoms with van der Waals surface area (Å²) in [6, 6.07) is 1.29. The molecule has 0 saturated heterocycles. The van der Waals surface area contributed by atoms with Gasteiger partial charge in [0.05, 0.1) is 11.8 Å². The fourth-order valence-corrected chi connectivity index (χ4v) is 1.62. The van der Waals surface area contributed by atoms with E-state index in [-0.39, 0.29) is 22.8 Å². The average molecular weight is 275 g/mol. The second-order valence-corrected chi connectivity index (χ2v) is 4.05. The predicted molar refractivity (Wildman–Crippen MR) is 70.1 cm³/mol. The first-order valence-electron chi connectivity index (χ1n) is 6.03. The molecule has 0 aromatic carbocycles. The fraction of sp³-hybridized carbons (Fsp3) is 0.231. The Kier molecular flexibility index (Phi) is 4.09. The number of carbonyl (C=O) groups is 1. The van der Waals surface area contributed by atoms with E-state index < -0.39 is 5.97 Å². The Hall–Kier alpha value is -2.70. The first-order chi connectivity index (χ1) is 9.61. The molecule has 2 aromatic heterocycles. The Bertz CT molecular complexity index is 681. The fourth-order valence-electron chi connectivity index (χ4n) is 1.62. The largest absolute Gasteiger partial charge is 0.478 e. The summed E-state index contributed by atoms with van der Waals surface area (Å²) in [6.07, 6.45) is 6.36. The summed E-state index contributed by atoms with van der Waals surface area (Å²) < 4.78 is 6.80. The highest BCUT2D eigenvalue weighted by Crippen LogP contribution is 2.16. The molecule has 0 aliphatic carbocycles. The minimum Gasteiger partial charge on any atom is -0.478 e. The van der Waals surface area contributed by atoms with Crippen LogP contribution in [0.5, 0.6) is 11.6 Å². The number of carboxylic acid groups (broad SMARTS) is 1. The van der Waals surface area contributed by atoms with Gasteiger partial charge in [0, 0.05) is 25.1 Å². The lowest BCUT2D eigenvalue weighted by molar-refractivity contribution is 0.0696. The van der Waals surface area contributed by atoms with Crippen molar-refractivity contribution >= 4 is 5.97 Å². The van der Waals surface area contributed by atoms with Crippen LogP contribution in [0.2, 0.25) is 0 Å². The van der Waals surface area contributed by atoms with Crippen LogP contribution in [0.15, 0.2) is 35.6 Å². The first kappa shape index (κ1) is 13.7. The van der Waals surface area contributed by atoms with E-state index in [1.54, 1.807) is 6.20 Å². The van der Waals surface area contributed by atoms with Crippen LogP contribution in [0.25, 0.3) is 0 Å². The van der Waals surface area contributed by atoms with E-state index in [1.165, 1.54) is 29.2 Å². The third-order valence-electron chi connectivity index (χ3n) is 2.52. The lowest BCUT2D eigenvalue weighted by Gasteiger charge is -2.07. The SMILES string of the molecule is CCCn1ccnc(Oc2cncc(C(=O)O)c2)c1=O. The van der Waals surface area contributed by atoms with E-state index >= 15 is 0 Å². The summed E-state index contributed by atoms with van der Waals surface area (Å²) in [6.45, 7) is 2.51.